The first-order valence-corrected chi connectivity index (χ1v) is 11.7. The third kappa shape index (κ3) is 4.47. The molecule has 0 radical (unpaired) electrons. The number of carbonyl (C=O) groups is 1. The molecule has 1 N–H and O–H groups in total. The summed E-state index contributed by atoms with van der Waals surface area (Å²) in [6.45, 7) is 6.26. The highest BCUT2D eigenvalue weighted by Gasteiger charge is 2.25. The van der Waals surface area contributed by atoms with Crippen LogP contribution in [0.1, 0.15) is 19.4 Å². The molecule has 1 aromatic rings. The minimum Gasteiger partial charge on any atom is -0.325 e. The van der Waals surface area contributed by atoms with Gasteiger partial charge in [0.15, 0.2) is 0 Å². The van der Waals surface area contributed by atoms with Crippen molar-refractivity contribution in [1.29, 1.82) is 0 Å². The number of benzene rings is 1. The Bertz CT molecular complexity index is 682. The second-order valence-electron chi connectivity index (χ2n) is 5.49. The molecule has 1 atom stereocenters. The van der Waals surface area contributed by atoms with E-state index in [1.165, 1.54) is 4.31 Å². The lowest BCUT2D eigenvalue weighted by Gasteiger charge is -2.22. The van der Waals surface area contributed by atoms with Crippen LogP contribution >= 0.6 is 23.5 Å². The topological polar surface area (TPSA) is 66.5 Å². The molecule has 2 rings (SSSR count). The van der Waals surface area contributed by atoms with Gasteiger partial charge in [0.25, 0.3) is 0 Å². The van der Waals surface area contributed by atoms with Crippen molar-refractivity contribution in [3.8, 4) is 0 Å². The van der Waals surface area contributed by atoms with Crippen molar-refractivity contribution in [3.63, 3.8) is 0 Å². The molecule has 0 aliphatic carbocycles. The summed E-state index contributed by atoms with van der Waals surface area (Å²) in [4.78, 5) is 12.6. The normalized spacial score (nSPS) is 18.6. The Morgan fingerprint density at radius 3 is 2.58 bits per heavy atom. The van der Waals surface area contributed by atoms with E-state index in [0.29, 0.717) is 24.3 Å². The highest BCUT2D eigenvalue weighted by atomic mass is 32.2. The molecule has 0 unspecified atom stereocenters. The maximum Gasteiger partial charge on any atom is 0.243 e. The van der Waals surface area contributed by atoms with Gasteiger partial charge in [0.05, 0.1) is 10.1 Å². The van der Waals surface area contributed by atoms with Crippen LogP contribution in [0.4, 0.5) is 5.69 Å². The van der Waals surface area contributed by atoms with Crippen LogP contribution in [0.15, 0.2) is 23.1 Å². The number of thioether (sulfide) groups is 2. The summed E-state index contributed by atoms with van der Waals surface area (Å²) in [6, 6.07) is 5.07. The minimum absolute atomic E-state index is 0.0535. The molecule has 1 aliphatic heterocycles. The van der Waals surface area contributed by atoms with Gasteiger partial charge in [-0.2, -0.15) is 16.1 Å². The first-order valence-electron chi connectivity index (χ1n) is 8.01. The van der Waals surface area contributed by atoms with Crippen LogP contribution in [-0.2, 0) is 14.8 Å². The maximum absolute atomic E-state index is 12.8. The SMILES string of the molecule is CCN(CC)S(=O)(=O)c1cc(NC(=O)[C@H]2CSCCS2)ccc1C. The summed E-state index contributed by atoms with van der Waals surface area (Å²) in [7, 11) is -3.54. The van der Waals surface area contributed by atoms with Crippen LogP contribution in [0.25, 0.3) is 0 Å². The second kappa shape index (κ2) is 8.60. The van der Waals surface area contributed by atoms with Gasteiger partial charge in [-0.3, -0.25) is 4.79 Å². The molecule has 0 spiro atoms. The van der Waals surface area contributed by atoms with Gasteiger partial charge >= 0.3 is 0 Å². The van der Waals surface area contributed by atoms with E-state index in [1.54, 1.807) is 48.6 Å². The number of anilines is 1. The molecule has 1 amide bonds. The Labute approximate surface area is 153 Å². The lowest BCUT2D eigenvalue weighted by molar-refractivity contribution is -0.115. The first-order chi connectivity index (χ1) is 11.4. The van der Waals surface area contributed by atoms with E-state index in [1.807, 2.05) is 13.8 Å². The average molecular weight is 389 g/mol. The number of nitrogens with one attached hydrogen (secondary N) is 1. The summed E-state index contributed by atoms with van der Waals surface area (Å²) >= 11 is 3.43. The Morgan fingerprint density at radius 1 is 1.29 bits per heavy atom. The zero-order valence-corrected chi connectivity index (χ0v) is 16.7. The predicted molar refractivity (Wildman–Crippen MR) is 103 cm³/mol. The summed E-state index contributed by atoms with van der Waals surface area (Å²) < 4.78 is 26.9. The van der Waals surface area contributed by atoms with Crippen molar-refractivity contribution in [2.75, 3.05) is 35.7 Å². The smallest absolute Gasteiger partial charge is 0.243 e. The van der Waals surface area contributed by atoms with E-state index in [9.17, 15) is 13.2 Å². The summed E-state index contributed by atoms with van der Waals surface area (Å²) in [5, 5.41) is 2.79. The van der Waals surface area contributed by atoms with Crippen molar-refractivity contribution in [1.82, 2.24) is 4.31 Å². The van der Waals surface area contributed by atoms with Crippen LogP contribution in [0.2, 0.25) is 0 Å². The molecule has 1 aliphatic rings. The van der Waals surface area contributed by atoms with E-state index in [0.717, 1.165) is 17.3 Å². The van der Waals surface area contributed by atoms with E-state index in [2.05, 4.69) is 5.32 Å². The second-order valence-corrected chi connectivity index (χ2v) is 9.86. The molecule has 5 nitrogen and oxygen atoms in total. The molecule has 24 heavy (non-hydrogen) atoms. The van der Waals surface area contributed by atoms with Gasteiger partial charge in [0.2, 0.25) is 15.9 Å². The fourth-order valence-electron chi connectivity index (χ4n) is 2.52. The summed E-state index contributed by atoms with van der Waals surface area (Å²) in [5.74, 6) is 2.79. The maximum atomic E-state index is 12.8. The number of nitrogens with zero attached hydrogens (tertiary/aromatic N) is 1. The molecule has 1 aromatic carbocycles. The van der Waals surface area contributed by atoms with E-state index < -0.39 is 10.0 Å². The quantitative estimate of drug-likeness (QED) is 0.812. The average Bonchev–Trinajstić information content (AvgIpc) is 2.58. The van der Waals surface area contributed by atoms with E-state index in [4.69, 9.17) is 0 Å². The number of sulfonamides is 1. The van der Waals surface area contributed by atoms with Crippen LogP contribution in [0.3, 0.4) is 0 Å². The van der Waals surface area contributed by atoms with Gasteiger partial charge < -0.3 is 5.32 Å². The van der Waals surface area contributed by atoms with Gasteiger partial charge in [-0.15, -0.1) is 11.8 Å². The molecule has 134 valence electrons. The van der Waals surface area contributed by atoms with E-state index >= 15 is 0 Å². The molecule has 1 saturated heterocycles. The Hall–Kier alpha value is -0.700. The number of amides is 1. The number of aryl methyl sites for hydroxylation is 1. The van der Waals surface area contributed by atoms with E-state index in [-0.39, 0.29) is 16.1 Å². The molecular weight excluding hydrogens is 364 g/mol. The third-order valence-electron chi connectivity index (χ3n) is 3.89. The monoisotopic (exact) mass is 388 g/mol. The lowest BCUT2D eigenvalue weighted by atomic mass is 10.2. The van der Waals surface area contributed by atoms with Crippen molar-refractivity contribution in [3.05, 3.63) is 23.8 Å². The molecule has 0 bridgehead atoms. The van der Waals surface area contributed by atoms with Crippen molar-refractivity contribution >= 4 is 45.1 Å². The summed E-state index contributed by atoms with van der Waals surface area (Å²) in [5.41, 5.74) is 1.22. The van der Waals surface area contributed by atoms with Crippen molar-refractivity contribution < 1.29 is 13.2 Å². The molecule has 8 heteroatoms. The van der Waals surface area contributed by atoms with Gasteiger partial charge in [0, 0.05) is 36.0 Å². The zero-order chi connectivity index (χ0) is 17.7. The number of carbonyl (C=O) groups excluding carboxylic acids is 1. The number of rotatable bonds is 6. The highest BCUT2D eigenvalue weighted by Crippen LogP contribution is 2.27. The van der Waals surface area contributed by atoms with Crippen LogP contribution in [-0.4, -0.2) is 54.2 Å². The van der Waals surface area contributed by atoms with Gasteiger partial charge in [0.1, 0.15) is 0 Å². The van der Waals surface area contributed by atoms with Gasteiger partial charge in [-0.25, -0.2) is 8.42 Å². The Kier molecular flexibility index (Phi) is 7.03. The predicted octanol–water partition coefficient (Wildman–Crippen LogP) is 2.81. The minimum atomic E-state index is -3.54. The Morgan fingerprint density at radius 2 is 2.00 bits per heavy atom. The molecule has 0 saturated carbocycles. The molecule has 1 fully saturated rings. The largest absolute Gasteiger partial charge is 0.325 e. The van der Waals surface area contributed by atoms with Crippen molar-refractivity contribution in [2.24, 2.45) is 0 Å². The van der Waals surface area contributed by atoms with Crippen LogP contribution < -0.4 is 5.32 Å². The summed E-state index contributed by atoms with van der Waals surface area (Å²) in [6.07, 6.45) is 0. The molecular formula is C16H24N2O3S3. The fourth-order valence-corrected chi connectivity index (χ4v) is 6.79. The van der Waals surface area contributed by atoms with Crippen molar-refractivity contribution in [2.45, 2.75) is 30.9 Å². The Balaban J connectivity index is 2.23. The highest BCUT2D eigenvalue weighted by molar-refractivity contribution is 8.07. The number of hydrogen-bond acceptors (Lipinski definition) is 5. The third-order valence-corrected chi connectivity index (χ3v) is 8.83. The van der Waals surface area contributed by atoms with Crippen LogP contribution in [0, 0.1) is 6.92 Å². The first kappa shape index (κ1) is 19.6. The fraction of sp³-hybridized carbons (Fsp3) is 0.562. The lowest BCUT2D eigenvalue weighted by Crippen LogP contribution is -2.32. The zero-order valence-electron chi connectivity index (χ0n) is 14.2. The van der Waals surface area contributed by atoms with Crippen LogP contribution in [0.5, 0.6) is 0 Å². The number of hydrogen-bond donors (Lipinski definition) is 1. The molecule has 0 aromatic heterocycles. The van der Waals surface area contributed by atoms with Gasteiger partial charge in [-0.05, 0) is 24.6 Å². The molecule has 1 heterocycles. The van der Waals surface area contributed by atoms with Gasteiger partial charge in [-0.1, -0.05) is 19.9 Å². The standard InChI is InChI=1S/C16H24N2O3S3/c1-4-18(5-2)24(20,21)15-10-13(7-6-12(15)3)17-16(19)14-11-22-8-9-23-14/h6-7,10,14H,4-5,8-9,11H2,1-3H3,(H,17,19)/t14-/m1/s1.